The minimum atomic E-state index is -3.45. The lowest BCUT2D eigenvalue weighted by atomic mass is 10.2. The lowest BCUT2D eigenvalue weighted by Crippen LogP contribution is -2.29. The third-order valence-electron chi connectivity index (χ3n) is 4.35. The number of hydrogen-bond donors (Lipinski definition) is 1. The predicted octanol–water partition coefficient (Wildman–Crippen LogP) is 3.45. The minimum Gasteiger partial charge on any atom is -0.462 e. The third kappa shape index (κ3) is 8.13. The summed E-state index contributed by atoms with van der Waals surface area (Å²) in [5.41, 5.74) is -0.263. The van der Waals surface area contributed by atoms with Crippen molar-refractivity contribution >= 4 is 38.8 Å². The maximum Gasteiger partial charge on any atom is 0.328 e. The summed E-state index contributed by atoms with van der Waals surface area (Å²) in [5, 5.41) is 14.2. The summed E-state index contributed by atoms with van der Waals surface area (Å²) in [5.74, 6) is -0.306. The molecule has 0 amide bonds. The Morgan fingerprint density at radius 3 is 2.47 bits per heavy atom. The smallest absolute Gasteiger partial charge is 0.328 e. The van der Waals surface area contributed by atoms with Crippen molar-refractivity contribution in [1.82, 2.24) is 0 Å². The van der Waals surface area contributed by atoms with Crippen molar-refractivity contribution < 1.29 is 37.1 Å². The van der Waals surface area contributed by atoms with E-state index in [1.807, 2.05) is 0 Å². The van der Waals surface area contributed by atoms with Crippen LogP contribution in [0, 0.1) is 10.1 Å². The van der Waals surface area contributed by atoms with Crippen LogP contribution in [0.5, 0.6) is 11.5 Å². The van der Waals surface area contributed by atoms with Crippen LogP contribution in [0.4, 0.5) is 11.4 Å². The van der Waals surface area contributed by atoms with Crippen LogP contribution < -0.4 is 10.1 Å². The van der Waals surface area contributed by atoms with Gasteiger partial charge in [0.15, 0.2) is 9.84 Å². The van der Waals surface area contributed by atoms with Gasteiger partial charge in [-0.05, 0) is 31.2 Å². The number of nitrogens with zero attached hydrogens (tertiary/aromatic N) is 1. The van der Waals surface area contributed by atoms with Crippen LogP contribution >= 0.6 is 11.6 Å². The lowest BCUT2D eigenvalue weighted by Gasteiger charge is -2.16. The second-order valence-corrected chi connectivity index (χ2v) is 9.46. The number of nitro groups is 1. The first kappa shape index (κ1) is 27.3. The number of ether oxygens (including phenoxy) is 4. The Balaban J connectivity index is 2.11. The highest BCUT2D eigenvalue weighted by Crippen LogP contribution is 2.35. The van der Waals surface area contributed by atoms with Crippen LogP contribution in [0.1, 0.15) is 6.92 Å². The van der Waals surface area contributed by atoms with Crippen molar-refractivity contribution in [1.29, 1.82) is 0 Å². The molecule has 0 aliphatic carbocycles. The van der Waals surface area contributed by atoms with Gasteiger partial charge in [-0.2, -0.15) is 0 Å². The topological polar surface area (TPSA) is 143 Å². The van der Waals surface area contributed by atoms with Crippen LogP contribution in [0.3, 0.4) is 0 Å². The molecule has 1 atom stereocenters. The molecule has 186 valence electrons. The van der Waals surface area contributed by atoms with Gasteiger partial charge in [0.25, 0.3) is 5.69 Å². The highest BCUT2D eigenvalue weighted by Gasteiger charge is 2.21. The number of sulfone groups is 1. The van der Waals surface area contributed by atoms with Crippen LogP contribution in [0.25, 0.3) is 0 Å². The first-order valence-corrected chi connectivity index (χ1v) is 12.3. The fraction of sp³-hybridized carbons (Fsp3) is 0.381. The van der Waals surface area contributed by atoms with E-state index in [9.17, 15) is 23.3 Å². The predicted molar refractivity (Wildman–Crippen MR) is 124 cm³/mol. The molecule has 0 fully saturated rings. The fourth-order valence-electron chi connectivity index (χ4n) is 2.64. The Bertz CT molecular complexity index is 1130. The zero-order valence-corrected chi connectivity index (χ0v) is 20.3. The van der Waals surface area contributed by atoms with Gasteiger partial charge in [-0.15, -0.1) is 0 Å². The van der Waals surface area contributed by atoms with E-state index in [2.05, 4.69) is 5.32 Å². The molecule has 1 N–H and O–H groups in total. The molecule has 0 saturated heterocycles. The third-order valence-corrected chi connectivity index (χ3v) is 5.76. The van der Waals surface area contributed by atoms with Crippen molar-refractivity contribution in [3.63, 3.8) is 0 Å². The molecule has 2 aromatic carbocycles. The van der Waals surface area contributed by atoms with E-state index < -0.39 is 26.8 Å². The Labute approximate surface area is 202 Å². The summed E-state index contributed by atoms with van der Waals surface area (Å²) in [4.78, 5) is 23.1. The van der Waals surface area contributed by atoms with Gasteiger partial charge >= 0.3 is 5.97 Å². The molecular formula is C21H25ClN2O9S. The molecule has 0 spiro atoms. The van der Waals surface area contributed by atoms with E-state index in [1.54, 1.807) is 7.11 Å². The average Bonchev–Trinajstić information content (AvgIpc) is 2.76. The standard InChI is InChI=1S/C21H25ClN2O9S/c1-14(21(25)32-11-10-31-9-8-30-2)23-18-12-15(4-6-19(18)24(26)27)33-20-7-5-16(13-17(20)22)34(3,28)29/h4-7,12-14,23H,8-11H2,1-3H3. The van der Waals surface area contributed by atoms with Crippen LogP contribution in [0.15, 0.2) is 41.3 Å². The number of carbonyl (C=O) groups excluding carboxylic acids is 1. The largest absolute Gasteiger partial charge is 0.462 e. The molecule has 0 heterocycles. The molecule has 0 saturated carbocycles. The second-order valence-electron chi connectivity index (χ2n) is 7.04. The normalized spacial score (nSPS) is 12.1. The van der Waals surface area contributed by atoms with Gasteiger partial charge in [0.05, 0.1) is 34.7 Å². The number of nitrogens with one attached hydrogen (secondary N) is 1. The number of methoxy groups -OCH3 is 1. The Kier molecular flexibility index (Phi) is 10.1. The number of rotatable bonds is 13. The van der Waals surface area contributed by atoms with Crippen molar-refractivity contribution in [3.05, 3.63) is 51.5 Å². The molecule has 1 unspecified atom stereocenters. The highest BCUT2D eigenvalue weighted by molar-refractivity contribution is 7.90. The van der Waals surface area contributed by atoms with Gasteiger partial charge in [-0.25, -0.2) is 13.2 Å². The van der Waals surface area contributed by atoms with Gasteiger partial charge in [-0.1, -0.05) is 11.6 Å². The molecule has 0 aliphatic rings. The summed E-state index contributed by atoms with van der Waals surface area (Å²) >= 11 is 6.13. The molecule has 2 aromatic rings. The highest BCUT2D eigenvalue weighted by atomic mass is 35.5. The quantitative estimate of drug-likeness (QED) is 0.182. The molecule has 0 radical (unpaired) electrons. The summed E-state index contributed by atoms with van der Waals surface area (Å²) in [6, 6.07) is 6.93. The molecule has 11 nitrogen and oxygen atoms in total. The van der Waals surface area contributed by atoms with Crippen molar-refractivity contribution in [2.24, 2.45) is 0 Å². The Morgan fingerprint density at radius 2 is 1.85 bits per heavy atom. The zero-order chi connectivity index (χ0) is 25.3. The first-order valence-electron chi connectivity index (χ1n) is 9.98. The van der Waals surface area contributed by atoms with Crippen molar-refractivity contribution in [3.8, 4) is 11.5 Å². The van der Waals surface area contributed by atoms with E-state index in [4.69, 9.17) is 30.5 Å². The summed E-state index contributed by atoms with van der Waals surface area (Å²) < 4.78 is 44.1. The summed E-state index contributed by atoms with van der Waals surface area (Å²) in [6.45, 7) is 2.47. The monoisotopic (exact) mass is 516 g/mol. The van der Waals surface area contributed by atoms with E-state index in [1.165, 1.54) is 43.3 Å². The summed E-state index contributed by atoms with van der Waals surface area (Å²) in [6.07, 6.45) is 1.05. The first-order chi connectivity index (χ1) is 16.0. The van der Waals surface area contributed by atoms with E-state index in [0.717, 1.165) is 6.26 Å². The zero-order valence-electron chi connectivity index (χ0n) is 18.8. The number of anilines is 1. The van der Waals surface area contributed by atoms with Gasteiger partial charge in [0, 0.05) is 25.5 Å². The van der Waals surface area contributed by atoms with E-state index in [-0.39, 0.29) is 46.0 Å². The fourth-order valence-corrected chi connectivity index (χ4v) is 3.57. The van der Waals surface area contributed by atoms with Gasteiger partial charge in [0.2, 0.25) is 0 Å². The van der Waals surface area contributed by atoms with E-state index in [0.29, 0.717) is 13.2 Å². The molecular weight excluding hydrogens is 492 g/mol. The number of halogens is 1. The van der Waals surface area contributed by atoms with Crippen molar-refractivity contribution in [2.75, 3.05) is 45.1 Å². The van der Waals surface area contributed by atoms with Crippen molar-refractivity contribution in [2.45, 2.75) is 17.9 Å². The number of benzene rings is 2. The minimum absolute atomic E-state index is 0.0157. The maximum absolute atomic E-state index is 12.2. The molecule has 13 heteroatoms. The number of nitro benzene ring substituents is 1. The van der Waals surface area contributed by atoms with E-state index >= 15 is 0 Å². The number of esters is 1. The number of carbonyl (C=O) groups is 1. The van der Waals surface area contributed by atoms with Crippen LogP contribution in [-0.4, -0.2) is 65.1 Å². The Morgan fingerprint density at radius 1 is 1.15 bits per heavy atom. The molecule has 2 rings (SSSR count). The SMILES string of the molecule is COCCOCCOC(=O)C(C)Nc1cc(Oc2ccc(S(C)(=O)=O)cc2Cl)ccc1[N+](=O)[O-]. The maximum atomic E-state index is 12.2. The average molecular weight is 517 g/mol. The number of hydrogen-bond acceptors (Lipinski definition) is 10. The molecule has 0 aromatic heterocycles. The molecule has 0 aliphatic heterocycles. The van der Waals surface area contributed by atoms with Crippen LogP contribution in [0.2, 0.25) is 5.02 Å². The Hall–Kier alpha value is -2.93. The molecule has 34 heavy (non-hydrogen) atoms. The van der Waals surface area contributed by atoms with Gasteiger partial charge in [0.1, 0.15) is 29.8 Å². The van der Waals surface area contributed by atoms with Gasteiger partial charge < -0.3 is 24.3 Å². The van der Waals surface area contributed by atoms with Gasteiger partial charge in [-0.3, -0.25) is 10.1 Å². The van der Waals surface area contributed by atoms with Crippen LogP contribution in [-0.2, 0) is 28.8 Å². The summed E-state index contributed by atoms with van der Waals surface area (Å²) in [7, 11) is -1.91. The molecule has 0 bridgehead atoms. The lowest BCUT2D eigenvalue weighted by molar-refractivity contribution is -0.384. The second kappa shape index (κ2) is 12.5.